The Kier molecular flexibility index (Phi) is 14.0. The SMILES string of the molecule is O=C1CCc2cc(c(O)c(OC3CCCC3)c2)Cc2ccc(CCCO)c(c2)Cc2cc[nH]c2[N-]CC2=Cc3[n-]ccc3C(CCCCc3cccc(O)c3)C2C(=O)C1CCO. The molecule has 1 fully saturated rings. The van der Waals surface area contributed by atoms with E-state index in [0.717, 1.165) is 95.2 Å². The molecule has 1 saturated carbocycles. The number of unbranched alkanes of at least 4 members (excludes halogenated alkanes) is 1. The van der Waals surface area contributed by atoms with Gasteiger partial charge in [0.15, 0.2) is 17.3 Å². The van der Waals surface area contributed by atoms with Crippen LogP contribution in [0.15, 0.2) is 84.7 Å². The van der Waals surface area contributed by atoms with Gasteiger partial charge < -0.3 is 40.4 Å². The van der Waals surface area contributed by atoms with Crippen LogP contribution in [0.5, 0.6) is 17.2 Å². The molecule has 0 spiro atoms. The van der Waals surface area contributed by atoms with Gasteiger partial charge in [0, 0.05) is 37.5 Å². The Morgan fingerprint density at radius 1 is 0.790 bits per heavy atom. The molecule has 10 nitrogen and oxygen atoms in total. The fourth-order valence-electron chi connectivity index (χ4n) is 10.0. The first-order valence-corrected chi connectivity index (χ1v) is 22.6. The second-order valence-corrected chi connectivity index (χ2v) is 17.5. The molecule has 1 aliphatic heterocycles. The van der Waals surface area contributed by atoms with Gasteiger partial charge in [-0.05, 0) is 141 Å². The highest BCUT2D eigenvalue weighted by molar-refractivity contribution is 6.05. The van der Waals surface area contributed by atoms with Crippen LogP contribution in [0.25, 0.3) is 11.4 Å². The van der Waals surface area contributed by atoms with Crippen LogP contribution in [0.4, 0.5) is 5.82 Å². The first-order chi connectivity index (χ1) is 30.3. The van der Waals surface area contributed by atoms with Crippen molar-refractivity contribution in [1.29, 1.82) is 0 Å². The molecule has 3 aromatic carbocycles. The van der Waals surface area contributed by atoms with E-state index in [1.54, 1.807) is 18.3 Å². The van der Waals surface area contributed by atoms with Crippen molar-refractivity contribution in [3.8, 4) is 17.2 Å². The molecule has 3 atom stereocenters. The van der Waals surface area contributed by atoms with E-state index in [9.17, 15) is 25.2 Å². The summed E-state index contributed by atoms with van der Waals surface area (Å²) in [5, 5.41) is 47.0. The summed E-state index contributed by atoms with van der Waals surface area (Å²) >= 11 is 0. The van der Waals surface area contributed by atoms with Crippen LogP contribution in [0.3, 0.4) is 0 Å². The standard InChI is InChI=1S/C52H59N3O7/c56-23-6-9-36-16-14-34-25-38(36)30-37-18-21-54-52(37)55-32-40-31-46-43(19-22-53-46)44(13-4-1-7-33-8-5-10-41(58)28-33)49(40)51(61)45(20-24-57)47(59)17-15-35-27-39(26-34)50(60)48(29-35)62-42-11-2-3-12-42/h5,8,10,14,16,18-19,21-22,25,27-29,31,42,44-45,49,54,56-58,60H,1-4,6-7,9,11-13,15,17,20,23-24,26,30,32H2/q-2. The van der Waals surface area contributed by atoms with E-state index in [0.29, 0.717) is 55.7 Å². The van der Waals surface area contributed by atoms with Gasteiger partial charge in [-0.25, -0.2) is 0 Å². The van der Waals surface area contributed by atoms with Gasteiger partial charge in [-0.3, -0.25) is 9.59 Å². The lowest BCUT2D eigenvalue weighted by atomic mass is 9.69. The monoisotopic (exact) mass is 837 g/mol. The number of fused-ring (bicyclic) bond motifs is 7. The maximum atomic E-state index is 15.2. The number of hydrogen-bond donors (Lipinski definition) is 5. The Bertz CT molecular complexity index is 2370. The van der Waals surface area contributed by atoms with Gasteiger partial charge in [-0.1, -0.05) is 84.2 Å². The molecule has 5 aromatic rings. The molecular weight excluding hydrogens is 779 g/mol. The van der Waals surface area contributed by atoms with Gasteiger partial charge in [-0.2, -0.15) is 6.20 Å². The number of aliphatic hydroxyl groups excluding tert-OH is 2. The summed E-state index contributed by atoms with van der Waals surface area (Å²) in [7, 11) is 0. The number of hydrogen-bond acceptors (Lipinski definition) is 7. The molecule has 5 N–H and O–H groups in total. The van der Waals surface area contributed by atoms with Gasteiger partial charge in [0.1, 0.15) is 11.5 Å². The molecule has 3 unspecified atom stereocenters. The van der Waals surface area contributed by atoms with Gasteiger partial charge in [0.05, 0.1) is 12.0 Å². The smallest absolute Gasteiger partial charge is 0.161 e. The van der Waals surface area contributed by atoms with Crippen LogP contribution in [-0.4, -0.2) is 62.8 Å². The third-order valence-corrected chi connectivity index (χ3v) is 13.2. The minimum absolute atomic E-state index is 0.0145. The number of benzene rings is 3. The molecule has 3 aliphatic rings. The molecule has 2 aliphatic carbocycles. The first-order valence-electron chi connectivity index (χ1n) is 22.6. The number of rotatable bonds is 12. The zero-order valence-corrected chi connectivity index (χ0v) is 35.5. The van der Waals surface area contributed by atoms with Gasteiger partial charge in [0.2, 0.25) is 0 Å². The highest BCUT2D eigenvalue weighted by Crippen LogP contribution is 2.45. The molecule has 326 valence electrons. The molecule has 0 radical (unpaired) electrons. The molecule has 0 saturated heterocycles. The third-order valence-electron chi connectivity index (χ3n) is 13.2. The number of carbonyl (C=O) groups is 2. The predicted molar refractivity (Wildman–Crippen MR) is 240 cm³/mol. The minimum Gasteiger partial charge on any atom is -0.664 e. The lowest BCUT2D eigenvalue weighted by Gasteiger charge is -2.37. The van der Waals surface area contributed by atoms with E-state index in [1.807, 2.05) is 48.7 Å². The first kappa shape index (κ1) is 43.1. The number of phenolic OH excluding ortho intramolecular Hbond substituents is 2. The summed E-state index contributed by atoms with van der Waals surface area (Å²) in [6.45, 7) is 0.0112. The number of aryl methyl sites for hydroxylation is 3. The predicted octanol–water partition coefficient (Wildman–Crippen LogP) is 9.11. The normalized spacial score (nSPS) is 19.6. The Morgan fingerprint density at radius 3 is 2.47 bits per heavy atom. The van der Waals surface area contributed by atoms with E-state index < -0.39 is 11.8 Å². The van der Waals surface area contributed by atoms with E-state index in [4.69, 9.17) is 15.0 Å². The maximum Gasteiger partial charge on any atom is 0.161 e. The number of nitrogens with zero attached hydrogens (tertiary/aromatic N) is 2. The second-order valence-electron chi connectivity index (χ2n) is 17.5. The number of ether oxygens (including phenoxy) is 1. The van der Waals surface area contributed by atoms with Gasteiger partial charge >= 0.3 is 0 Å². The number of nitrogens with one attached hydrogen (secondary N) is 1. The highest BCUT2D eigenvalue weighted by atomic mass is 16.5. The fourth-order valence-corrected chi connectivity index (χ4v) is 10.0. The summed E-state index contributed by atoms with van der Waals surface area (Å²) in [6.07, 6.45) is 15.6. The van der Waals surface area contributed by atoms with Crippen molar-refractivity contribution in [2.24, 2.45) is 11.8 Å². The Balaban J connectivity index is 1.17. The van der Waals surface area contributed by atoms with Crippen molar-refractivity contribution in [2.75, 3.05) is 19.8 Å². The number of Topliss-reactive ketones (excluding diaryl/α,β-unsaturated/α-hetero) is 2. The third kappa shape index (κ3) is 10.0. The Labute approximate surface area is 364 Å². The van der Waals surface area contributed by atoms with Crippen LogP contribution < -0.4 is 9.72 Å². The lowest BCUT2D eigenvalue weighted by molar-refractivity contribution is -0.135. The van der Waals surface area contributed by atoms with E-state index in [2.05, 4.69) is 23.2 Å². The zero-order valence-electron chi connectivity index (χ0n) is 35.5. The number of ketones is 2. The van der Waals surface area contributed by atoms with Crippen LogP contribution in [0.2, 0.25) is 0 Å². The quantitative estimate of drug-likeness (QED) is 0.0613. The average molecular weight is 838 g/mol. The molecule has 2 aromatic heterocycles. The molecular formula is C52H59N3O7-2. The van der Waals surface area contributed by atoms with Crippen molar-refractivity contribution in [3.05, 3.63) is 140 Å². The summed E-state index contributed by atoms with van der Waals surface area (Å²) < 4.78 is 6.45. The van der Waals surface area contributed by atoms with E-state index in [1.165, 1.54) is 0 Å². The molecule has 0 amide bonds. The Morgan fingerprint density at radius 2 is 1.65 bits per heavy atom. The highest BCUT2D eigenvalue weighted by Gasteiger charge is 2.40. The van der Waals surface area contributed by atoms with E-state index >= 15 is 4.79 Å². The number of carbonyl (C=O) groups excluding carboxylic acids is 2. The number of H-pyrrole nitrogens is 1. The number of aromatic nitrogens is 2. The number of aromatic amines is 1. The molecule has 4 bridgehead atoms. The topological polar surface area (TPSA) is 168 Å². The van der Waals surface area contributed by atoms with Crippen molar-refractivity contribution in [3.63, 3.8) is 0 Å². The van der Waals surface area contributed by atoms with Crippen molar-refractivity contribution < 1.29 is 34.8 Å². The largest absolute Gasteiger partial charge is 0.664 e. The Hall–Kier alpha value is -5.58. The zero-order chi connectivity index (χ0) is 43.0. The van der Waals surface area contributed by atoms with Gasteiger partial charge in [-0.15, -0.1) is 5.69 Å². The van der Waals surface area contributed by atoms with Crippen LogP contribution in [0, 0.1) is 11.8 Å². The summed E-state index contributed by atoms with van der Waals surface area (Å²) in [5.41, 5.74) is 9.47. The maximum absolute atomic E-state index is 15.2. The average Bonchev–Trinajstić information content (AvgIpc) is 4.07. The number of aromatic hydroxyl groups is 2. The second kappa shape index (κ2) is 20.1. The molecule has 10 heteroatoms. The van der Waals surface area contributed by atoms with E-state index in [-0.39, 0.29) is 67.7 Å². The van der Waals surface area contributed by atoms with Gasteiger partial charge in [0.25, 0.3) is 0 Å². The van der Waals surface area contributed by atoms with Crippen LogP contribution in [-0.2, 0) is 41.7 Å². The molecule has 8 rings (SSSR count). The van der Waals surface area contributed by atoms with Crippen LogP contribution in [0.1, 0.15) is 120 Å². The van der Waals surface area contributed by atoms with Crippen molar-refractivity contribution >= 4 is 23.5 Å². The minimum atomic E-state index is -1.01. The molecule has 62 heavy (non-hydrogen) atoms. The molecule has 3 heterocycles. The summed E-state index contributed by atoms with van der Waals surface area (Å²) in [6, 6.07) is 21.6. The van der Waals surface area contributed by atoms with Crippen molar-refractivity contribution in [2.45, 2.75) is 108 Å². The lowest BCUT2D eigenvalue weighted by Crippen LogP contribution is -2.37. The fraction of sp³-hybridized carbons (Fsp3) is 0.423. The van der Waals surface area contributed by atoms with Crippen LogP contribution >= 0.6 is 0 Å². The summed E-state index contributed by atoms with van der Waals surface area (Å²) in [4.78, 5) is 37.7. The number of aliphatic hydroxyl groups is 2. The van der Waals surface area contributed by atoms with Crippen molar-refractivity contribution in [1.82, 2.24) is 9.97 Å². The summed E-state index contributed by atoms with van der Waals surface area (Å²) in [5.74, 6) is -0.829. The number of phenols is 2.